The fraction of sp³-hybridized carbons (Fsp3) is 0.542. The molecular formula is C59H83FN8O3. The number of ether oxygens (including phenoxy) is 2. The largest absolute Gasteiger partial charge is 0.474 e. The molecule has 7 rings (SSSR count). The average molecular weight is 971 g/mol. The molecule has 0 spiro atoms. The molecule has 3 fully saturated rings. The highest BCUT2D eigenvalue weighted by Gasteiger charge is 2.32. The number of allylic oxidation sites excluding steroid dienone is 6. The zero-order chi connectivity index (χ0) is 50.7. The van der Waals surface area contributed by atoms with Gasteiger partial charge in [-0.25, -0.2) is 14.4 Å². The Hall–Kier alpha value is -5.62. The molecule has 0 atom stereocenters. The predicted molar refractivity (Wildman–Crippen MR) is 294 cm³/mol. The summed E-state index contributed by atoms with van der Waals surface area (Å²) in [5, 5.41) is 3.71. The molecule has 0 saturated carbocycles. The Morgan fingerprint density at radius 1 is 0.859 bits per heavy atom. The number of benzene rings is 1. The summed E-state index contributed by atoms with van der Waals surface area (Å²) in [4.78, 5) is 34.8. The Balaban J connectivity index is 0.944. The van der Waals surface area contributed by atoms with Crippen LogP contribution in [0.1, 0.15) is 142 Å². The number of carbonyl (C=O) groups is 1. The van der Waals surface area contributed by atoms with E-state index in [9.17, 15) is 4.79 Å². The lowest BCUT2D eigenvalue weighted by Gasteiger charge is -2.40. The van der Waals surface area contributed by atoms with Crippen molar-refractivity contribution < 1.29 is 18.7 Å². The molecule has 0 unspecified atom stereocenters. The number of fused-ring (bicyclic) bond motifs is 1. The fourth-order valence-electron chi connectivity index (χ4n) is 10.5. The molecule has 0 radical (unpaired) electrons. The second-order valence-electron chi connectivity index (χ2n) is 20.8. The number of rotatable bonds is 18. The third-order valence-corrected chi connectivity index (χ3v) is 14.2. The molecule has 4 aliphatic rings. The maximum atomic E-state index is 15.7. The van der Waals surface area contributed by atoms with Gasteiger partial charge in [0, 0.05) is 82.1 Å². The molecule has 3 aromatic rings. The highest BCUT2D eigenvalue weighted by atomic mass is 19.1. The molecule has 2 aromatic heterocycles. The van der Waals surface area contributed by atoms with Crippen molar-refractivity contribution in [2.75, 3.05) is 97.0 Å². The van der Waals surface area contributed by atoms with Gasteiger partial charge < -0.3 is 34.4 Å². The number of unbranched alkanes of at least 4 members (excludes halogenated alkanes) is 1. The van der Waals surface area contributed by atoms with Crippen LogP contribution in [0.2, 0.25) is 0 Å². The van der Waals surface area contributed by atoms with Crippen molar-refractivity contribution in [1.82, 2.24) is 14.9 Å². The normalized spacial score (nSPS) is 19.1. The van der Waals surface area contributed by atoms with E-state index >= 15 is 4.39 Å². The van der Waals surface area contributed by atoms with E-state index < -0.39 is 0 Å². The lowest BCUT2D eigenvalue weighted by molar-refractivity contribution is 0.0456. The first-order valence-electron chi connectivity index (χ1n) is 26.8. The van der Waals surface area contributed by atoms with Crippen LogP contribution in [0.5, 0.6) is 5.88 Å². The van der Waals surface area contributed by atoms with Gasteiger partial charge >= 0.3 is 0 Å². The monoisotopic (exact) mass is 971 g/mol. The van der Waals surface area contributed by atoms with Crippen LogP contribution in [-0.4, -0.2) is 98.3 Å². The Morgan fingerprint density at radius 3 is 2.28 bits per heavy atom. The number of piperidine rings is 2. The number of carbonyl (C=O) groups excluding carboxylic acids is 1. The number of Topliss-reactive ketones (excluding diaryl/α,β-unsaturated/α-hetero) is 1. The third-order valence-electron chi connectivity index (χ3n) is 14.2. The van der Waals surface area contributed by atoms with Crippen LogP contribution in [0.4, 0.5) is 33.0 Å². The van der Waals surface area contributed by atoms with Crippen molar-refractivity contribution in [3.8, 4) is 5.88 Å². The molecule has 0 aliphatic carbocycles. The summed E-state index contributed by atoms with van der Waals surface area (Å²) in [7, 11) is 0. The van der Waals surface area contributed by atoms with E-state index in [4.69, 9.17) is 19.4 Å². The molecule has 12 heteroatoms. The summed E-state index contributed by atoms with van der Waals surface area (Å²) < 4.78 is 28.4. The van der Waals surface area contributed by atoms with Crippen LogP contribution in [0.25, 0.3) is 5.57 Å². The molecule has 384 valence electrons. The van der Waals surface area contributed by atoms with Crippen LogP contribution in [-0.2, 0) is 4.74 Å². The maximum Gasteiger partial charge on any atom is 0.238 e. The number of nitrogens with one attached hydrogen (secondary N) is 1. The zero-order valence-electron chi connectivity index (χ0n) is 44.8. The smallest absolute Gasteiger partial charge is 0.238 e. The minimum Gasteiger partial charge on any atom is -0.474 e. The molecule has 6 heterocycles. The van der Waals surface area contributed by atoms with Crippen LogP contribution in [0, 0.1) is 18.7 Å². The molecule has 4 aliphatic heterocycles. The van der Waals surface area contributed by atoms with Gasteiger partial charge in [-0.1, -0.05) is 52.3 Å². The Morgan fingerprint density at radius 2 is 1.62 bits per heavy atom. The number of ketones is 1. The van der Waals surface area contributed by atoms with E-state index in [1.54, 1.807) is 0 Å². The van der Waals surface area contributed by atoms with Gasteiger partial charge in [0.1, 0.15) is 29.5 Å². The lowest BCUT2D eigenvalue weighted by atomic mass is 9.93. The van der Waals surface area contributed by atoms with Gasteiger partial charge in [0.25, 0.3) is 0 Å². The second kappa shape index (κ2) is 24.7. The third kappa shape index (κ3) is 13.5. The van der Waals surface area contributed by atoms with Gasteiger partial charge in [0.2, 0.25) is 5.88 Å². The molecule has 71 heavy (non-hydrogen) atoms. The first kappa shape index (κ1) is 53.2. The number of halogens is 1. The molecule has 1 N–H and O–H groups in total. The topological polar surface area (TPSA) is 89.5 Å². The van der Waals surface area contributed by atoms with Crippen LogP contribution in [0.3, 0.4) is 0 Å². The second-order valence-corrected chi connectivity index (χ2v) is 20.8. The zero-order valence-corrected chi connectivity index (χ0v) is 44.8. The van der Waals surface area contributed by atoms with E-state index in [-0.39, 0.29) is 17.2 Å². The van der Waals surface area contributed by atoms with Crippen LogP contribution < -0.4 is 29.7 Å². The minimum atomic E-state index is -0.335. The number of pyridine rings is 2. The van der Waals surface area contributed by atoms with Crippen molar-refractivity contribution in [2.24, 2.45) is 5.92 Å². The van der Waals surface area contributed by atoms with Gasteiger partial charge in [-0.3, -0.25) is 9.69 Å². The number of anilines is 5. The van der Waals surface area contributed by atoms with E-state index in [1.165, 1.54) is 17.2 Å². The summed E-state index contributed by atoms with van der Waals surface area (Å²) in [6, 6.07) is 7.75. The van der Waals surface area contributed by atoms with Gasteiger partial charge in [0.05, 0.1) is 36.0 Å². The number of nitrogens with zero attached hydrogens (tertiary/aromatic N) is 7. The summed E-state index contributed by atoms with van der Waals surface area (Å²) in [5.41, 5.74) is 10.7. The Labute approximate surface area is 425 Å². The van der Waals surface area contributed by atoms with Crippen molar-refractivity contribution in [2.45, 2.75) is 133 Å². The van der Waals surface area contributed by atoms with E-state index in [1.807, 2.05) is 25.4 Å². The number of hydrogen-bond acceptors (Lipinski definition) is 11. The predicted octanol–water partition coefficient (Wildman–Crippen LogP) is 12.9. The quantitative estimate of drug-likeness (QED) is 0.0976. The summed E-state index contributed by atoms with van der Waals surface area (Å²) >= 11 is 0. The van der Waals surface area contributed by atoms with E-state index in [0.717, 1.165) is 161 Å². The van der Waals surface area contributed by atoms with Crippen LogP contribution >= 0.6 is 0 Å². The highest BCUT2D eigenvalue weighted by molar-refractivity contribution is 6.01. The molecule has 1 aromatic carbocycles. The molecule has 11 nitrogen and oxygen atoms in total. The average Bonchev–Trinajstić information content (AvgIpc) is 3.36. The minimum absolute atomic E-state index is 0.0214. The Kier molecular flexibility index (Phi) is 18.5. The Bertz CT molecular complexity index is 2450. The van der Waals surface area contributed by atoms with E-state index in [0.29, 0.717) is 42.6 Å². The summed E-state index contributed by atoms with van der Waals surface area (Å²) in [6.45, 7) is 30.4. The SMILES string of the molecule is C/C=C1/CCN(c2cnc3c(c2C)N(/C(=C\CC)OC(C)(C)C)CCO3)C/C1=C/C(=C/CC)Nc1ccc(N2CCC(CN3CCN(c4cc(/C(C)=C/CCC)c(C(=O)CCC)cc4F)CC3)CC2)nc1. The lowest BCUT2D eigenvalue weighted by Crippen LogP contribution is -2.49. The highest BCUT2D eigenvalue weighted by Crippen LogP contribution is 2.42. The van der Waals surface area contributed by atoms with Crippen LogP contribution in [0.15, 0.2) is 89.8 Å². The molecule has 0 amide bonds. The number of hydrogen-bond donors (Lipinski definition) is 1. The maximum absolute atomic E-state index is 15.7. The molecule has 0 bridgehead atoms. The van der Waals surface area contributed by atoms with Crippen molar-refractivity contribution >= 4 is 39.9 Å². The summed E-state index contributed by atoms with van der Waals surface area (Å²) in [6.07, 6.45) is 23.2. The first-order chi connectivity index (χ1) is 34.2. The van der Waals surface area contributed by atoms with Gasteiger partial charge in [0.15, 0.2) is 11.7 Å². The van der Waals surface area contributed by atoms with Gasteiger partial charge in [-0.15, -0.1) is 0 Å². The molecular weight excluding hydrogens is 888 g/mol. The number of aromatic nitrogens is 2. The number of piperazine rings is 1. The summed E-state index contributed by atoms with van der Waals surface area (Å²) in [5.74, 6) is 2.88. The standard InChI is InChI=1S/C59H83FN8O3/c1-11-16-20-42(6)49-37-52(51(60)36-50(49)54(69)18-13-3)65-31-29-64(30-32-65)40-44-23-26-66(27-24-44)55-22-21-48(38-61-55)63-47(17-12-2)35-46-41-67(28-25-45(46)15-5)53-39-62-58-57(43(53)7)68(33-34-70-58)56(19-14-4)71-59(8,9)10/h15,17,19-22,35-39,44,63H,11-14,16,18,23-34,40-41H2,1-10H3/b42-20+,45-15-,46-35-,47-17-,56-19+. The van der Waals surface area contributed by atoms with Gasteiger partial charge in [-0.05, 0) is 151 Å². The van der Waals surface area contributed by atoms with Crippen molar-refractivity contribution in [3.05, 3.63) is 112 Å². The van der Waals surface area contributed by atoms with Gasteiger partial charge in [-0.2, -0.15) is 0 Å². The first-order valence-corrected chi connectivity index (χ1v) is 26.8. The van der Waals surface area contributed by atoms with Crippen molar-refractivity contribution in [1.29, 1.82) is 0 Å². The molecule has 3 saturated heterocycles. The van der Waals surface area contributed by atoms with Crippen molar-refractivity contribution in [3.63, 3.8) is 0 Å². The fourth-order valence-corrected chi connectivity index (χ4v) is 10.5. The van der Waals surface area contributed by atoms with E-state index in [2.05, 4.69) is 135 Å².